The van der Waals surface area contributed by atoms with Crippen molar-refractivity contribution in [1.29, 1.82) is 0 Å². The van der Waals surface area contributed by atoms with Gasteiger partial charge in [-0.05, 0) is 24.3 Å². The van der Waals surface area contributed by atoms with E-state index in [4.69, 9.17) is 20.4 Å². The van der Waals surface area contributed by atoms with Crippen molar-refractivity contribution in [3.05, 3.63) is 46.5 Å². The fraction of sp³-hybridized carbons (Fsp3) is 0. The second-order valence-corrected chi connectivity index (χ2v) is 4.29. The van der Waals surface area contributed by atoms with Gasteiger partial charge in [-0.15, -0.1) is 0 Å². The predicted molar refractivity (Wildman–Crippen MR) is 78.9 cm³/mol. The van der Waals surface area contributed by atoms with Crippen LogP contribution in [0, 0.1) is 0 Å². The van der Waals surface area contributed by atoms with E-state index in [-0.39, 0.29) is 29.6 Å². The maximum absolute atomic E-state index is 11.3. The molecule has 0 aliphatic heterocycles. The first kappa shape index (κ1) is 18.6. The molecule has 4 N–H and O–H groups in total. The van der Waals surface area contributed by atoms with Crippen molar-refractivity contribution in [2.75, 3.05) is 0 Å². The van der Waals surface area contributed by atoms with Crippen LogP contribution in [0.1, 0.15) is 41.4 Å². The Bertz CT molecular complexity index is 718. The molecule has 114 valence electrons. The van der Waals surface area contributed by atoms with Crippen LogP contribution >= 0.6 is 0 Å². The molecule has 0 aromatic heterocycles. The van der Waals surface area contributed by atoms with Gasteiger partial charge in [0.05, 0.1) is 22.3 Å². The van der Waals surface area contributed by atoms with E-state index >= 15 is 0 Å². The normalized spacial score (nSPS) is 9.91. The van der Waals surface area contributed by atoms with Crippen LogP contribution in [-0.4, -0.2) is 73.9 Å². The van der Waals surface area contributed by atoms with Gasteiger partial charge in [0.15, 0.2) is 0 Å². The maximum atomic E-state index is 11.3. The molecule has 2 rings (SSSR count). The summed E-state index contributed by atoms with van der Waals surface area (Å²) in [5, 5.41) is 35.8. The van der Waals surface area contributed by atoms with Crippen molar-refractivity contribution in [2.45, 2.75) is 0 Å². The van der Waals surface area contributed by atoms with Gasteiger partial charge in [0.2, 0.25) is 0 Å². The van der Waals surface area contributed by atoms with Crippen LogP contribution in [0.4, 0.5) is 0 Å². The Morgan fingerprint density at radius 1 is 0.522 bits per heavy atom. The Morgan fingerprint density at radius 2 is 0.696 bits per heavy atom. The molecule has 0 spiro atoms. The molecule has 0 bridgehead atoms. The van der Waals surface area contributed by atoms with E-state index in [0.29, 0.717) is 0 Å². The standard InChI is InChI=1S/C14H8O8.Na.H/c15-11(16)5-1-2-6(12(17)18)10-8(14(21)22)4-3-7(9(5)10)13(19)20;;/h1-4H,(H,15,16)(H,17,18)(H,19,20)(H,21,22);;. The van der Waals surface area contributed by atoms with Crippen LogP contribution in [0.3, 0.4) is 0 Å². The van der Waals surface area contributed by atoms with Crippen LogP contribution in [0.2, 0.25) is 0 Å². The third-order valence-corrected chi connectivity index (χ3v) is 3.08. The van der Waals surface area contributed by atoms with Crippen LogP contribution in [0.15, 0.2) is 24.3 Å². The van der Waals surface area contributed by atoms with E-state index < -0.39 is 56.9 Å². The number of hydrogen-bond donors (Lipinski definition) is 4. The molecule has 8 nitrogen and oxygen atoms in total. The van der Waals surface area contributed by atoms with Gasteiger partial charge in [0.25, 0.3) is 0 Å². The summed E-state index contributed by atoms with van der Waals surface area (Å²) in [6.45, 7) is 0. The molecule has 0 amide bonds. The second-order valence-electron chi connectivity index (χ2n) is 4.29. The number of carboxylic acid groups (broad SMARTS) is 4. The average Bonchev–Trinajstić information content (AvgIpc) is 2.43. The predicted octanol–water partition coefficient (Wildman–Crippen LogP) is 0.984. The molecule has 0 atom stereocenters. The van der Waals surface area contributed by atoms with Gasteiger partial charge < -0.3 is 20.4 Å². The number of rotatable bonds is 4. The first-order valence-electron chi connectivity index (χ1n) is 5.78. The summed E-state index contributed by atoms with van der Waals surface area (Å²) >= 11 is 0. The van der Waals surface area contributed by atoms with Gasteiger partial charge in [0, 0.05) is 10.8 Å². The number of aromatic carboxylic acids is 4. The van der Waals surface area contributed by atoms with Crippen molar-refractivity contribution in [3.8, 4) is 0 Å². The molecule has 0 unspecified atom stereocenters. The Kier molecular flexibility index (Phi) is 5.49. The molecule has 0 aliphatic carbocycles. The number of carbonyl (C=O) groups is 4. The Balaban J connectivity index is 0.00000264. The summed E-state index contributed by atoms with van der Waals surface area (Å²) in [4.78, 5) is 45.1. The summed E-state index contributed by atoms with van der Waals surface area (Å²) in [7, 11) is 0. The number of benzene rings is 2. The van der Waals surface area contributed by atoms with Crippen molar-refractivity contribution in [3.63, 3.8) is 0 Å². The number of carboxylic acids is 4. The SMILES string of the molecule is O=C(O)c1ccc(C(=O)O)c2c(C(=O)O)ccc(C(=O)O)c12.[NaH]. The van der Waals surface area contributed by atoms with Crippen LogP contribution in [0.5, 0.6) is 0 Å². The van der Waals surface area contributed by atoms with Gasteiger partial charge in [-0.3, -0.25) is 0 Å². The summed E-state index contributed by atoms with van der Waals surface area (Å²) in [5.74, 6) is -5.97. The quantitative estimate of drug-likeness (QED) is 0.607. The minimum atomic E-state index is -1.49. The second kappa shape index (κ2) is 6.78. The van der Waals surface area contributed by atoms with E-state index in [1.807, 2.05) is 0 Å². The molecular formula is C14H9NaO8. The van der Waals surface area contributed by atoms with E-state index in [1.54, 1.807) is 0 Å². The zero-order valence-electron chi connectivity index (χ0n) is 10.7. The molecule has 0 radical (unpaired) electrons. The monoisotopic (exact) mass is 328 g/mol. The number of hydrogen-bond acceptors (Lipinski definition) is 4. The molecule has 9 heteroatoms. The molecule has 2 aromatic rings. The zero-order valence-corrected chi connectivity index (χ0v) is 10.7. The number of fused-ring (bicyclic) bond motifs is 1. The molecule has 0 aliphatic rings. The van der Waals surface area contributed by atoms with Crippen molar-refractivity contribution < 1.29 is 39.6 Å². The van der Waals surface area contributed by atoms with Gasteiger partial charge in [-0.2, -0.15) is 0 Å². The van der Waals surface area contributed by atoms with E-state index in [2.05, 4.69) is 0 Å². The molecule has 0 saturated carbocycles. The first-order chi connectivity index (χ1) is 10.3. The Labute approximate surface area is 150 Å². The molecule has 2 aromatic carbocycles. The van der Waals surface area contributed by atoms with Crippen LogP contribution in [0.25, 0.3) is 10.8 Å². The molecule has 0 heterocycles. The van der Waals surface area contributed by atoms with Gasteiger partial charge in [-0.1, -0.05) is 0 Å². The Morgan fingerprint density at radius 3 is 0.826 bits per heavy atom. The molecule has 23 heavy (non-hydrogen) atoms. The zero-order chi connectivity index (χ0) is 16.6. The van der Waals surface area contributed by atoms with Gasteiger partial charge >= 0.3 is 53.4 Å². The van der Waals surface area contributed by atoms with Crippen molar-refractivity contribution >= 4 is 64.2 Å². The third-order valence-electron chi connectivity index (χ3n) is 3.08. The Hall–Kier alpha value is -2.42. The summed E-state index contributed by atoms with van der Waals surface area (Å²) in [6, 6.07) is 3.75. The summed E-state index contributed by atoms with van der Waals surface area (Å²) in [6.07, 6.45) is 0. The summed E-state index contributed by atoms with van der Waals surface area (Å²) in [5.41, 5.74) is -1.94. The van der Waals surface area contributed by atoms with E-state index in [1.165, 1.54) is 0 Å². The molecular weight excluding hydrogens is 319 g/mol. The molecule has 0 fully saturated rings. The van der Waals surface area contributed by atoms with Crippen LogP contribution < -0.4 is 0 Å². The fourth-order valence-electron chi connectivity index (χ4n) is 2.21. The van der Waals surface area contributed by atoms with Gasteiger partial charge in [0.1, 0.15) is 0 Å². The van der Waals surface area contributed by atoms with E-state index in [9.17, 15) is 19.2 Å². The molecule has 0 saturated heterocycles. The van der Waals surface area contributed by atoms with Gasteiger partial charge in [-0.25, -0.2) is 19.2 Å². The van der Waals surface area contributed by atoms with Crippen LogP contribution in [-0.2, 0) is 0 Å². The topological polar surface area (TPSA) is 149 Å². The van der Waals surface area contributed by atoms with E-state index in [0.717, 1.165) is 24.3 Å². The third kappa shape index (κ3) is 3.19. The average molecular weight is 328 g/mol. The first-order valence-corrected chi connectivity index (χ1v) is 5.78. The fourth-order valence-corrected chi connectivity index (χ4v) is 2.21. The van der Waals surface area contributed by atoms with Crippen molar-refractivity contribution in [2.24, 2.45) is 0 Å². The summed E-state index contributed by atoms with van der Waals surface area (Å²) < 4.78 is 0. The minimum absolute atomic E-state index is 0. The van der Waals surface area contributed by atoms with Crippen molar-refractivity contribution in [1.82, 2.24) is 0 Å².